The maximum atomic E-state index is 14.3. The number of hydrogen-bond acceptors (Lipinski definition) is 4. The fraction of sp³-hybridized carbons (Fsp3) is 0.391. The number of nitrogens with zero attached hydrogens (tertiary/aromatic N) is 3. The lowest BCUT2D eigenvalue weighted by molar-refractivity contribution is 0.574. The highest BCUT2D eigenvalue weighted by atomic mass is 32.1. The number of fused-ring (bicyclic) bond motifs is 1. The summed E-state index contributed by atoms with van der Waals surface area (Å²) in [5.74, 6) is -0.181. The second-order valence-corrected chi connectivity index (χ2v) is 8.82. The van der Waals surface area contributed by atoms with Gasteiger partial charge in [0.2, 0.25) is 0 Å². The molecule has 0 N–H and O–H groups in total. The first-order valence-electron chi connectivity index (χ1n) is 10.3. The number of rotatable bonds is 3. The highest BCUT2D eigenvalue weighted by Crippen LogP contribution is 2.35. The van der Waals surface area contributed by atoms with E-state index in [4.69, 9.17) is 4.98 Å². The largest absolute Gasteiger partial charge is 0.371 e. The van der Waals surface area contributed by atoms with Crippen molar-refractivity contribution in [3.63, 3.8) is 0 Å². The molecule has 28 heavy (non-hydrogen) atoms. The standard InChI is InChI=1S/C23H24FN3S/c24-18-12-17(13-19(14-18)27-10-4-1-5-11-27)22-15-25-23(28-22)21-9-8-16-6-2-3-7-20(16)26-21/h8-9,12-15H,1-7,10-11H2. The molecular formula is C23H24FN3S. The zero-order valence-corrected chi connectivity index (χ0v) is 16.8. The SMILES string of the molecule is Fc1cc(-c2cnc(-c3ccc4c(n3)CCCC4)s2)cc(N2CCCCC2)c1. The van der Waals surface area contributed by atoms with Crippen molar-refractivity contribution < 1.29 is 4.39 Å². The Balaban J connectivity index is 1.45. The van der Waals surface area contributed by atoms with Crippen LogP contribution in [-0.4, -0.2) is 23.1 Å². The summed E-state index contributed by atoms with van der Waals surface area (Å²) < 4.78 is 14.3. The Hall–Kier alpha value is -2.27. The van der Waals surface area contributed by atoms with Crippen LogP contribution in [0.25, 0.3) is 21.1 Å². The molecule has 0 saturated carbocycles. The smallest absolute Gasteiger partial charge is 0.142 e. The van der Waals surface area contributed by atoms with E-state index in [-0.39, 0.29) is 5.82 Å². The number of pyridine rings is 1. The molecule has 2 aromatic heterocycles. The molecule has 0 atom stereocenters. The minimum atomic E-state index is -0.181. The summed E-state index contributed by atoms with van der Waals surface area (Å²) in [7, 11) is 0. The van der Waals surface area contributed by atoms with Crippen LogP contribution in [0.4, 0.5) is 10.1 Å². The van der Waals surface area contributed by atoms with Crippen molar-refractivity contribution in [1.29, 1.82) is 0 Å². The summed E-state index contributed by atoms with van der Waals surface area (Å²) in [6.45, 7) is 2.02. The molecule has 0 radical (unpaired) electrons. The fourth-order valence-electron chi connectivity index (χ4n) is 4.28. The van der Waals surface area contributed by atoms with E-state index in [1.54, 1.807) is 23.5 Å². The second kappa shape index (κ2) is 7.63. The fourth-order valence-corrected chi connectivity index (χ4v) is 5.15. The van der Waals surface area contributed by atoms with E-state index in [1.165, 1.54) is 43.4 Å². The molecular weight excluding hydrogens is 369 g/mol. The first-order chi connectivity index (χ1) is 13.8. The molecule has 3 aromatic rings. The normalized spacial score (nSPS) is 16.8. The zero-order valence-electron chi connectivity index (χ0n) is 16.0. The minimum absolute atomic E-state index is 0.181. The summed E-state index contributed by atoms with van der Waals surface area (Å²) in [5, 5.41) is 0.909. The topological polar surface area (TPSA) is 29.0 Å². The van der Waals surface area contributed by atoms with Crippen LogP contribution in [-0.2, 0) is 12.8 Å². The molecule has 0 spiro atoms. The number of halogens is 1. The quantitative estimate of drug-likeness (QED) is 0.556. The number of benzene rings is 1. The van der Waals surface area contributed by atoms with E-state index in [1.807, 2.05) is 6.20 Å². The second-order valence-electron chi connectivity index (χ2n) is 7.78. The van der Waals surface area contributed by atoms with Gasteiger partial charge in [-0.15, -0.1) is 11.3 Å². The average molecular weight is 394 g/mol. The number of anilines is 1. The third-order valence-electron chi connectivity index (χ3n) is 5.79. The summed E-state index contributed by atoms with van der Waals surface area (Å²) in [6.07, 6.45) is 10.2. The maximum Gasteiger partial charge on any atom is 0.142 e. The molecule has 0 unspecified atom stereocenters. The maximum absolute atomic E-state index is 14.3. The van der Waals surface area contributed by atoms with Crippen molar-refractivity contribution in [2.75, 3.05) is 18.0 Å². The monoisotopic (exact) mass is 393 g/mol. The Labute approximate surface area is 169 Å². The Morgan fingerprint density at radius 2 is 1.79 bits per heavy atom. The Bertz CT molecular complexity index is 991. The van der Waals surface area contributed by atoms with Crippen LogP contribution >= 0.6 is 11.3 Å². The molecule has 0 bridgehead atoms. The van der Waals surface area contributed by atoms with Crippen LogP contribution in [0.1, 0.15) is 43.4 Å². The zero-order chi connectivity index (χ0) is 18.9. The Morgan fingerprint density at radius 3 is 2.68 bits per heavy atom. The Kier molecular flexibility index (Phi) is 4.85. The number of thiazole rings is 1. The summed E-state index contributed by atoms with van der Waals surface area (Å²) in [6, 6.07) is 9.66. The lowest BCUT2D eigenvalue weighted by atomic mass is 9.96. The number of piperidine rings is 1. The third kappa shape index (κ3) is 3.55. The van der Waals surface area contributed by atoms with E-state index < -0.39 is 0 Å². The molecule has 144 valence electrons. The van der Waals surface area contributed by atoms with Crippen LogP contribution in [0.15, 0.2) is 36.5 Å². The molecule has 1 fully saturated rings. The van der Waals surface area contributed by atoms with Crippen LogP contribution in [0, 0.1) is 5.82 Å². The van der Waals surface area contributed by atoms with Gasteiger partial charge in [-0.25, -0.2) is 9.37 Å². The van der Waals surface area contributed by atoms with Gasteiger partial charge in [-0.2, -0.15) is 0 Å². The first-order valence-corrected chi connectivity index (χ1v) is 11.1. The van der Waals surface area contributed by atoms with Crippen molar-refractivity contribution >= 4 is 17.0 Å². The van der Waals surface area contributed by atoms with Gasteiger partial charge < -0.3 is 4.90 Å². The van der Waals surface area contributed by atoms with Gasteiger partial charge in [-0.05, 0) is 80.3 Å². The molecule has 1 aromatic carbocycles. The first kappa shape index (κ1) is 17.8. The van der Waals surface area contributed by atoms with Gasteiger partial charge in [-0.1, -0.05) is 6.07 Å². The van der Waals surface area contributed by atoms with Gasteiger partial charge in [-0.3, -0.25) is 4.98 Å². The molecule has 2 aliphatic rings. The minimum Gasteiger partial charge on any atom is -0.371 e. The summed E-state index contributed by atoms with van der Waals surface area (Å²) in [4.78, 5) is 12.8. The van der Waals surface area contributed by atoms with E-state index >= 15 is 0 Å². The number of hydrogen-bond donors (Lipinski definition) is 0. The van der Waals surface area contributed by atoms with Gasteiger partial charge >= 0.3 is 0 Å². The van der Waals surface area contributed by atoms with E-state index in [2.05, 4.69) is 28.1 Å². The molecule has 3 heterocycles. The van der Waals surface area contributed by atoms with E-state index in [0.29, 0.717) is 0 Å². The van der Waals surface area contributed by atoms with Crippen molar-refractivity contribution in [3.05, 3.63) is 53.6 Å². The number of aryl methyl sites for hydroxylation is 2. The lowest BCUT2D eigenvalue weighted by Gasteiger charge is -2.29. The van der Waals surface area contributed by atoms with Gasteiger partial charge in [0.1, 0.15) is 10.8 Å². The van der Waals surface area contributed by atoms with Crippen molar-refractivity contribution in [3.8, 4) is 21.1 Å². The third-order valence-corrected chi connectivity index (χ3v) is 6.86. The number of aromatic nitrogens is 2. The predicted octanol–water partition coefficient (Wildman–Crippen LogP) is 5.88. The van der Waals surface area contributed by atoms with Crippen LogP contribution in [0.3, 0.4) is 0 Å². The lowest BCUT2D eigenvalue weighted by Crippen LogP contribution is -2.29. The molecule has 1 aliphatic carbocycles. The van der Waals surface area contributed by atoms with Crippen molar-refractivity contribution in [1.82, 2.24) is 9.97 Å². The molecule has 1 saturated heterocycles. The molecule has 3 nitrogen and oxygen atoms in total. The molecule has 5 rings (SSSR count). The van der Waals surface area contributed by atoms with Gasteiger partial charge in [0.25, 0.3) is 0 Å². The van der Waals surface area contributed by atoms with Crippen LogP contribution < -0.4 is 4.90 Å². The van der Waals surface area contributed by atoms with Crippen LogP contribution in [0.2, 0.25) is 0 Å². The highest BCUT2D eigenvalue weighted by molar-refractivity contribution is 7.18. The van der Waals surface area contributed by atoms with Crippen molar-refractivity contribution in [2.24, 2.45) is 0 Å². The molecule has 1 aliphatic heterocycles. The summed E-state index contributed by atoms with van der Waals surface area (Å²) >= 11 is 1.60. The Morgan fingerprint density at radius 1 is 0.929 bits per heavy atom. The van der Waals surface area contributed by atoms with E-state index in [9.17, 15) is 4.39 Å². The summed E-state index contributed by atoms with van der Waals surface area (Å²) in [5.41, 5.74) is 5.42. The molecule has 0 amide bonds. The van der Waals surface area contributed by atoms with Crippen molar-refractivity contribution in [2.45, 2.75) is 44.9 Å². The average Bonchev–Trinajstić information content (AvgIpc) is 3.24. The van der Waals surface area contributed by atoms with Gasteiger partial charge in [0, 0.05) is 30.7 Å². The predicted molar refractivity (Wildman–Crippen MR) is 113 cm³/mol. The van der Waals surface area contributed by atoms with Gasteiger partial charge in [0.05, 0.1) is 10.6 Å². The highest BCUT2D eigenvalue weighted by Gasteiger charge is 2.16. The van der Waals surface area contributed by atoms with Gasteiger partial charge in [0.15, 0.2) is 0 Å². The van der Waals surface area contributed by atoms with Crippen LogP contribution in [0.5, 0.6) is 0 Å². The molecule has 5 heteroatoms. The van der Waals surface area contributed by atoms with E-state index in [0.717, 1.165) is 52.8 Å².